The molecule has 5 heteroatoms. The van der Waals surface area contributed by atoms with Crippen molar-refractivity contribution >= 4 is 17.6 Å². The molecule has 0 saturated carbocycles. The van der Waals surface area contributed by atoms with Crippen molar-refractivity contribution in [3.05, 3.63) is 59.2 Å². The fourth-order valence-corrected chi connectivity index (χ4v) is 2.96. The molecule has 0 aromatic heterocycles. The Morgan fingerprint density at radius 2 is 1.84 bits per heavy atom. The van der Waals surface area contributed by atoms with Crippen molar-refractivity contribution in [1.29, 1.82) is 0 Å². The first-order valence-corrected chi connectivity index (χ1v) is 8.35. The van der Waals surface area contributed by atoms with Gasteiger partial charge in [-0.3, -0.25) is 4.79 Å². The van der Waals surface area contributed by atoms with E-state index in [2.05, 4.69) is 5.32 Å². The van der Waals surface area contributed by atoms with E-state index in [1.807, 2.05) is 18.2 Å². The largest absolute Gasteiger partial charge is 0.495 e. The molecule has 2 aromatic rings. The third-order valence-electron chi connectivity index (χ3n) is 4.35. The van der Waals surface area contributed by atoms with Gasteiger partial charge in [-0.2, -0.15) is 0 Å². The van der Waals surface area contributed by atoms with Crippen molar-refractivity contribution in [2.24, 2.45) is 0 Å². The van der Waals surface area contributed by atoms with Gasteiger partial charge in [0.25, 0.3) is 5.91 Å². The Kier molecular flexibility index (Phi) is 5.03. The normalized spacial score (nSPS) is 13.7. The summed E-state index contributed by atoms with van der Waals surface area (Å²) in [4.78, 5) is 24.6. The number of hydrogen-bond donors (Lipinski definition) is 1. The highest BCUT2D eigenvalue weighted by atomic mass is 16.5. The molecule has 0 saturated heterocycles. The third-order valence-corrected chi connectivity index (χ3v) is 4.35. The minimum atomic E-state index is -0.911. The SMILES string of the molecule is COc1ccccc1NC(=O)[C@H](C)OC(=O)c1ccc2c(c1)CCC2. The Morgan fingerprint density at radius 3 is 2.64 bits per heavy atom. The average Bonchev–Trinajstić information content (AvgIpc) is 3.09. The van der Waals surface area contributed by atoms with Crippen LogP contribution >= 0.6 is 0 Å². The molecule has 0 bridgehead atoms. The molecule has 1 aliphatic carbocycles. The fourth-order valence-electron chi connectivity index (χ4n) is 2.96. The summed E-state index contributed by atoms with van der Waals surface area (Å²) in [6.07, 6.45) is 2.25. The van der Waals surface area contributed by atoms with E-state index in [4.69, 9.17) is 9.47 Å². The number of carbonyl (C=O) groups excluding carboxylic acids is 2. The van der Waals surface area contributed by atoms with Crippen LogP contribution in [-0.4, -0.2) is 25.1 Å². The molecule has 3 rings (SSSR count). The smallest absolute Gasteiger partial charge is 0.338 e. The van der Waals surface area contributed by atoms with Gasteiger partial charge in [0.2, 0.25) is 0 Å². The zero-order valence-electron chi connectivity index (χ0n) is 14.4. The number of fused-ring (bicyclic) bond motifs is 1. The second-order valence-electron chi connectivity index (χ2n) is 6.07. The van der Waals surface area contributed by atoms with Crippen LogP contribution in [0.15, 0.2) is 42.5 Å². The highest BCUT2D eigenvalue weighted by molar-refractivity contribution is 5.98. The standard InChI is InChI=1S/C20H21NO4/c1-13(19(22)21-17-8-3-4-9-18(17)24-2)25-20(23)16-11-10-14-6-5-7-15(14)12-16/h3-4,8-13H,5-7H2,1-2H3,(H,21,22)/t13-/m0/s1. The molecule has 25 heavy (non-hydrogen) atoms. The van der Waals surface area contributed by atoms with Crippen molar-refractivity contribution in [3.8, 4) is 5.75 Å². The van der Waals surface area contributed by atoms with Crippen LogP contribution in [0.4, 0.5) is 5.69 Å². The zero-order chi connectivity index (χ0) is 17.8. The van der Waals surface area contributed by atoms with Crippen LogP contribution < -0.4 is 10.1 Å². The maximum absolute atomic E-state index is 12.3. The lowest BCUT2D eigenvalue weighted by atomic mass is 10.1. The van der Waals surface area contributed by atoms with Gasteiger partial charge in [0.1, 0.15) is 5.75 Å². The van der Waals surface area contributed by atoms with Gasteiger partial charge in [0, 0.05) is 0 Å². The third kappa shape index (κ3) is 3.82. The van der Waals surface area contributed by atoms with Crippen LogP contribution in [0.25, 0.3) is 0 Å². The number of esters is 1. The highest BCUT2D eigenvalue weighted by Crippen LogP contribution is 2.24. The lowest BCUT2D eigenvalue weighted by Gasteiger charge is -2.15. The lowest BCUT2D eigenvalue weighted by molar-refractivity contribution is -0.123. The van der Waals surface area contributed by atoms with Gasteiger partial charge in [-0.25, -0.2) is 4.79 Å². The first kappa shape index (κ1) is 17.0. The minimum Gasteiger partial charge on any atom is -0.495 e. The predicted molar refractivity (Wildman–Crippen MR) is 95.0 cm³/mol. The first-order chi connectivity index (χ1) is 12.1. The molecule has 0 unspecified atom stereocenters. The predicted octanol–water partition coefficient (Wildman–Crippen LogP) is 3.37. The summed E-state index contributed by atoms with van der Waals surface area (Å²) in [6, 6.07) is 12.7. The summed E-state index contributed by atoms with van der Waals surface area (Å²) < 4.78 is 10.5. The number of benzene rings is 2. The summed E-state index contributed by atoms with van der Waals surface area (Å²) in [7, 11) is 1.53. The molecular weight excluding hydrogens is 318 g/mol. The lowest BCUT2D eigenvalue weighted by Crippen LogP contribution is -2.30. The van der Waals surface area contributed by atoms with Crippen molar-refractivity contribution < 1.29 is 19.1 Å². The van der Waals surface area contributed by atoms with Gasteiger partial charge in [0.05, 0.1) is 18.4 Å². The van der Waals surface area contributed by atoms with Gasteiger partial charge in [-0.05, 0) is 61.6 Å². The monoisotopic (exact) mass is 339 g/mol. The molecule has 5 nitrogen and oxygen atoms in total. The first-order valence-electron chi connectivity index (χ1n) is 8.35. The highest BCUT2D eigenvalue weighted by Gasteiger charge is 2.21. The second kappa shape index (κ2) is 7.38. The average molecular weight is 339 g/mol. The van der Waals surface area contributed by atoms with Gasteiger partial charge >= 0.3 is 5.97 Å². The molecule has 0 aliphatic heterocycles. The van der Waals surface area contributed by atoms with E-state index in [0.717, 1.165) is 19.3 Å². The summed E-state index contributed by atoms with van der Waals surface area (Å²) in [5.41, 5.74) is 3.51. The molecule has 1 amide bonds. The molecule has 1 N–H and O–H groups in total. The number of methoxy groups -OCH3 is 1. The number of amides is 1. The number of anilines is 1. The summed E-state index contributed by atoms with van der Waals surface area (Å²) in [6.45, 7) is 1.55. The number of para-hydroxylation sites is 2. The summed E-state index contributed by atoms with van der Waals surface area (Å²) >= 11 is 0. The van der Waals surface area contributed by atoms with Crippen LogP contribution in [0.1, 0.15) is 34.8 Å². The number of ether oxygens (including phenoxy) is 2. The van der Waals surface area contributed by atoms with Crippen molar-refractivity contribution in [2.45, 2.75) is 32.3 Å². The second-order valence-corrected chi connectivity index (χ2v) is 6.07. The van der Waals surface area contributed by atoms with Crippen molar-refractivity contribution in [2.75, 3.05) is 12.4 Å². The molecule has 1 atom stereocenters. The van der Waals surface area contributed by atoms with E-state index in [1.165, 1.54) is 18.2 Å². The van der Waals surface area contributed by atoms with Gasteiger partial charge in [0.15, 0.2) is 6.10 Å². The molecule has 0 spiro atoms. The minimum absolute atomic E-state index is 0.404. The Morgan fingerprint density at radius 1 is 1.08 bits per heavy atom. The van der Waals surface area contributed by atoms with Crippen LogP contribution in [0, 0.1) is 0 Å². The summed E-state index contributed by atoms with van der Waals surface area (Å²) in [5.74, 6) is -0.343. The van der Waals surface area contributed by atoms with E-state index < -0.39 is 18.0 Å². The molecule has 130 valence electrons. The van der Waals surface area contributed by atoms with Crippen LogP contribution in [-0.2, 0) is 22.4 Å². The summed E-state index contributed by atoms with van der Waals surface area (Å²) in [5, 5.41) is 2.72. The Labute approximate surface area is 147 Å². The molecule has 0 fully saturated rings. The van der Waals surface area contributed by atoms with E-state index in [9.17, 15) is 9.59 Å². The number of nitrogens with one attached hydrogen (secondary N) is 1. The quantitative estimate of drug-likeness (QED) is 0.848. The zero-order valence-corrected chi connectivity index (χ0v) is 14.4. The van der Waals surface area contributed by atoms with E-state index >= 15 is 0 Å². The van der Waals surface area contributed by atoms with Crippen LogP contribution in [0.2, 0.25) is 0 Å². The Hall–Kier alpha value is -2.82. The number of aryl methyl sites for hydroxylation is 2. The van der Waals surface area contributed by atoms with E-state index in [0.29, 0.717) is 17.0 Å². The molecule has 1 aliphatic rings. The molecular formula is C20H21NO4. The fraction of sp³-hybridized carbons (Fsp3) is 0.300. The number of rotatable bonds is 5. The van der Waals surface area contributed by atoms with Crippen LogP contribution in [0.5, 0.6) is 5.75 Å². The maximum atomic E-state index is 12.3. The molecule has 0 radical (unpaired) electrons. The van der Waals surface area contributed by atoms with Crippen molar-refractivity contribution in [1.82, 2.24) is 0 Å². The Balaban J connectivity index is 1.64. The number of hydrogen-bond acceptors (Lipinski definition) is 4. The van der Waals surface area contributed by atoms with Crippen molar-refractivity contribution in [3.63, 3.8) is 0 Å². The Bertz CT molecular complexity index is 800. The number of carbonyl (C=O) groups is 2. The van der Waals surface area contributed by atoms with Gasteiger partial charge in [-0.1, -0.05) is 18.2 Å². The topological polar surface area (TPSA) is 64.6 Å². The van der Waals surface area contributed by atoms with Crippen LogP contribution in [0.3, 0.4) is 0 Å². The van der Waals surface area contributed by atoms with E-state index in [-0.39, 0.29) is 0 Å². The van der Waals surface area contributed by atoms with E-state index in [1.54, 1.807) is 31.2 Å². The van der Waals surface area contributed by atoms with Gasteiger partial charge in [-0.15, -0.1) is 0 Å². The molecule has 0 heterocycles. The molecule has 2 aromatic carbocycles. The maximum Gasteiger partial charge on any atom is 0.338 e. The van der Waals surface area contributed by atoms with Gasteiger partial charge < -0.3 is 14.8 Å².